The van der Waals surface area contributed by atoms with Gasteiger partial charge in [0.1, 0.15) is 11.4 Å². The van der Waals surface area contributed by atoms with E-state index in [2.05, 4.69) is 4.18 Å². The summed E-state index contributed by atoms with van der Waals surface area (Å²) in [6.07, 6.45) is 0.356. The molecule has 0 aromatic heterocycles. The third-order valence-corrected chi connectivity index (χ3v) is 4.41. The van der Waals surface area contributed by atoms with Gasteiger partial charge in [0.2, 0.25) is 0 Å². The minimum Gasteiger partial charge on any atom is -0.444 e. The summed E-state index contributed by atoms with van der Waals surface area (Å²) in [5.74, 6) is -0.336. The van der Waals surface area contributed by atoms with Crippen LogP contribution in [-0.4, -0.2) is 43.1 Å². The van der Waals surface area contributed by atoms with Gasteiger partial charge >= 0.3 is 21.7 Å². The predicted molar refractivity (Wildman–Crippen MR) is 84.9 cm³/mol. The molecule has 0 saturated carbocycles. The Hall–Kier alpha value is -1.45. The van der Waals surface area contributed by atoms with E-state index in [1.54, 1.807) is 41.5 Å². The number of ether oxygens (including phenoxy) is 1. The molecule has 0 fully saturated rings. The van der Waals surface area contributed by atoms with Crippen LogP contribution in [0.2, 0.25) is 0 Å². The van der Waals surface area contributed by atoms with E-state index in [1.807, 2.05) is 0 Å². The van der Waals surface area contributed by atoms with E-state index in [0.717, 1.165) is 6.08 Å². The fourth-order valence-electron chi connectivity index (χ4n) is 2.26. The maximum atomic E-state index is 12.5. The van der Waals surface area contributed by atoms with Gasteiger partial charge in [0, 0.05) is 19.0 Å². The smallest absolute Gasteiger partial charge is 0.444 e. The maximum absolute atomic E-state index is 12.5. The quantitative estimate of drug-likeness (QED) is 0.532. The summed E-state index contributed by atoms with van der Waals surface area (Å²) in [4.78, 5) is 13.7. The molecule has 0 aromatic rings. The van der Waals surface area contributed by atoms with Crippen molar-refractivity contribution in [3.8, 4) is 0 Å². The number of rotatable bonds is 2. The first-order valence-electron chi connectivity index (χ1n) is 7.63. The van der Waals surface area contributed by atoms with Crippen molar-refractivity contribution in [3.05, 3.63) is 11.8 Å². The summed E-state index contributed by atoms with van der Waals surface area (Å²) in [7, 11) is -5.74. The Balaban J connectivity index is 3.07. The molecule has 0 aromatic carbocycles. The lowest BCUT2D eigenvalue weighted by Crippen LogP contribution is -2.51. The lowest BCUT2D eigenvalue weighted by atomic mass is 9.82. The van der Waals surface area contributed by atoms with Gasteiger partial charge in [-0.05, 0) is 32.3 Å². The second-order valence-corrected chi connectivity index (χ2v) is 9.41. The molecular formula is C15H24F3NO5S. The van der Waals surface area contributed by atoms with Gasteiger partial charge < -0.3 is 13.8 Å². The Bertz CT molecular complexity index is 642. The van der Waals surface area contributed by atoms with Gasteiger partial charge in [-0.15, -0.1) is 0 Å². The molecule has 1 rings (SSSR count). The molecule has 1 aliphatic heterocycles. The zero-order valence-electron chi connectivity index (χ0n) is 15.1. The highest BCUT2D eigenvalue weighted by atomic mass is 32.2. The van der Waals surface area contributed by atoms with Crippen LogP contribution in [0.4, 0.5) is 18.0 Å². The van der Waals surface area contributed by atoms with Crippen LogP contribution < -0.4 is 0 Å². The molecular weight excluding hydrogens is 363 g/mol. The standard InChI is InChI=1S/C15H24F3NO5S/c1-13(2,3)11-9-10(24-25(21,22)15(16,17)18)7-8-19(11)12(20)23-14(4,5)6/h7,11H,8-9H2,1-6H3. The number of carbonyl (C=O) groups excluding carboxylic acids is 1. The van der Waals surface area contributed by atoms with Crippen LogP contribution in [-0.2, 0) is 19.0 Å². The number of hydrogen-bond acceptors (Lipinski definition) is 5. The normalized spacial score (nSPS) is 20.1. The zero-order valence-corrected chi connectivity index (χ0v) is 15.9. The van der Waals surface area contributed by atoms with Crippen LogP contribution in [0.25, 0.3) is 0 Å². The van der Waals surface area contributed by atoms with Crippen molar-refractivity contribution >= 4 is 16.2 Å². The Kier molecular flexibility index (Phi) is 5.78. The lowest BCUT2D eigenvalue weighted by Gasteiger charge is -2.42. The Morgan fingerprint density at radius 1 is 1.16 bits per heavy atom. The number of halogens is 3. The number of alkyl halides is 3. The number of nitrogens with zero attached hydrogens (tertiary/aromatic N) is 1. The van der Waals surface area contributed by atoms with E-state index in [4.69, 9.17) is 4.74 Å². The average Bonchev–Trinajstić information content (AvgIpc) is 2.33. The number of carbonyl (C=O) groups is 1. The molecule has 1 aliphatic rings. The first-order valence-corrected chi connectivity index (χ1v) is 9.04. The fraction of sp³-hybridized carbons (Fsp3) is 0.800. The predicted octanol–water partition coefficient (Wildman–Crippen LogP) is 3.79. The van der Waals surface area contributed by atoms with Crippen LogP contribution in [0.5, 0.6) is 0 Å². The Labute approximate surface area is 146 Å². The summed E-state index contributed by atoms with van der Waals surface area (Å²) in [6.45, 7) is 10.3. The van der Waals surface area contributed by atoms with E-state index in [-0.39, 0.29) is 18.7 Å². The molecule has 25 heavy (non-hydrogen) atoms. The van der Waals surface area contributed by atoms with Crippen LogP contribution in [0.15, 0.2) is 11.8 Å². The second-order valence-electron chi connectivity index (χ2n) is 7.87. The van der Waals surface area contributed by atoms with Crippen molar-refractivity contribution in [2.24, 2.45) is 5.41 Å². The third kappa shape index (κ3) is 5.79. The summed E-state index contributed by atoms with van der Waals surface area (Å²) in [6, 6.07) is -0.592. The van der Waals surface area contributed by atoms with Crippen LogP contribution >= 0.6 is 0 Å². The Morgan fingerprint density at radius 2 is 1.68 bits per heavy atom. The molecule has 1 unspecified atom stereocenters. The van der Waals surface area contributed by atoms with Crippen molar-refractivity contribution in [2.75, 3.05) is 6.54 Å². The summed E-state index contributed by atoms with van der Waals surface area (Å²) >= 11 is 0. The lowest BCUT2D eigenvalue weighted by molar-refractivity contribution is -0.0531. The Morgan fingerprint density at radius 3 is 2.08 bits per heavy atom. The molecule has 0 spiro atoms. The van der Waals surface area contributed by atoms with E-state index in [9.17, 15) is 26.4 Å². The highest BCUT2D eigenvalue weighted by Gasteiger charge is 2.49. The molecule has 1 heterocycles. The highest BCUT2D eigenvalue weighted by Crippen LogP contribution is 2.36. The molecule has 6 nitrogen and oxygen atoms in total. The summed E-state index contributed by atoms with van der Waals surface area (Å²) in [5.41, 5.74) is -6.78. The average molecular weight is 387 g/mol. The molecule has 0 aliphatic carbocycles. The van der Waals surface area contributed by atoms with Crippen molar-refractivity contribution < 1.29 is 35.3 Å². The fourth-order valence-corrected chi connectivity index (χ4v) is 2.78. The zero-order chi connectivity index (χ0) is 19.8. The topological polar surface area (TPSA) is 72.9 Å². The minimum atomic E-state index is -5.74. The first kappa shape index (κ1) is 21.6. The minimum absolute atomic E-state index is 0.112. The van der Waals surface area contributed by atoms with E-state index >= 15 is 0 Å². The second kappa shape index (κ2) is 6.69. The molecule has 0 N–H and O–H groups in total. The highest BCUT2D eigenvalue weighted by molar-refractivity contribution is 7.87. The third-order valence-electron chi connectivity index (χ3n) is 3.41. The number of amides is 1. The molecule has 1 atom stereocenters. The van der Waals surface area contributed by atoms with Crippen LogP contribution in [0.1, 0.15) is 48.0 Å². The van der Waals surface area contributed by atoms with Crippen LogP contribution in [0, 0.1) is 5.41 Å². The van der Waals surface area contributed by atoms with Gasteiger partial charge in [-0.1, -0.05) is 20.8 Å². The van der Waals surface area contributed by atoms with E-state index in [0.29, 0.717) is 0 Å². The van der Waals surface area contributed by atoms with E-state index in [1.165, 1.54) is 4.90 Å². The molecule has 10 heteroatoms. The molecule has 146 valence electrons. The first-order chi connectivity index (χ1) is 10.9. The van der Waals surface area contributed by atoms with Gasteiger partial charge in [0.15, 0.2) is 0 Å². The van der Waals surface area contributed by atoms with Gasteiger partial charge in [-0.3, -0.25) is 0 Å². The van der Waals surface area contributed by atoms with E-state index < -0.39 is 38.8 Å². The molecule has 1 amide bonds. The van der Waals surface area contributed by atoms with Crippen molar-refractivity contribution in [3.63, 3.8) is 0 Å². The molecule has 0 saturated heterocycles. The maximum Gasteiger partial charge on any atom is 0.534 e. The van der Waals surface area contributed by atoms with Crippen LogP contribution in [0.3, 0.4) is 0 Å². The van der Waals surface area contributed by atoms with Crippen molar-refractivity contribution in [1.82, 2.24) is 4.90 Å². The van der Waals surface area contributed by atoms with Gasteiger partial charge in [-0.25, -0.2) is 4.79 Å². The van der Waals surface area contributed by atoms with Crippen molar-refractivity contribution in [1.29, 1.82) is 0 Å². The van der Waals surface area contributed by atoms with Gasteiger partial charge in [0.25, 0.3) is 0 Å². The SMILES string of the molecule is CC(C)(C)OC(=O)N1CC=C(OS(=O)(=O)C(F)(F)F)CC1C(C)(C)C. The monoisotopic (exact) mass is 387 g/mol. The van der Waals surface area contributed by atoms with Crippen molar-refractivity contribution in [2.45, 2.75) is 65.1 Å². The molecule has 0 radical (unpaired) electrons. The number of hydrogen-bond donors (Lipinski definition) is 0. The van der Waals surface area contributed by atoms with Gasteiger partial charge in [-0.2, -0.15) is 21.6 Å². The summed E-state index contributed by atoms with van der Waals surface area (Å²) in [5, 5.41) is 0. The van der Waals surface area contributed by atoms with Gasteiger partial charge in [0.05, 0.1) is 0 Å². The largest absolute Gasteiger partial charge is 0.534 e. The molecule has 0 bridgehead atoms. The summed E-state index contributed by atoms with van der Waals surface area (Å²) < 4.78 is 69.4.